The van der Waals surface area contributed by atoms with Crippen molar-refractivity contribution in [1.29, 1.82) is 5.26 Å². The van der Waals surface area contributed by atoms with Crippen molar-refractivity contribution in [3.05, 3.63) is 36.4 Å². The molecule has 3 aliphatic rings. The monoisotopic (exact) mass is 559 g/mol. The minimum Gasteiger partial charge on any atom is -0.461 e. The molecule has 3 aliphatic heterocycles. The highest BCUT2D eigenvalue weighted by molar-refractivity contribution is 5.97. The Morgan fingerprint density at radius 1 is 1.22 bits per heavy atom. The number of aromatic nitrogens is 5. The van der Waals surface area contributed by atoms with Gasteiger partial charge < -0.3 is 15.0 Å². The third-order valence-corrected chi connectivity index (χ3v) is 8.78. The lowest BCUT2D eigenvalue weighted by Crippen LogP contribution is -2.51. The van der Waals surface area contributed by atoms with Crippen molar-refractivity contribution in [3.63, 3.8) is 0 Å². The highest BCUT2D eigenvalue weighted by Gasteiger charge is 2.49. The van der Waals surface area contributed by atoms with Gasteiger partial charge in [0.1, 0.15) is 29.8 Å². The summed E-state index contributed by atoms with van der Waals surface area (Å²) >= 11 is 0. The van der Waals surface area contributed by atoms with Gasteiger partial charge in [0, 0.05) is 62.8 Å². The number of fused-ring (bicyclic) bond motifs is 3. The molecular formula is C29H31F2N9O. The van der Waals surface area contributed by atoms with Gasteiger partial charge in [0.2, 0.25) is 0 Å². The molecule has 3 aromatic heterocycles. The summed E-state index contributed by atoms with van der Waals surface area (Å²) in [4.78, 5) is 18.1. The second-order valence-corrected chi connectivity index (χ2v) is 11.3. The lowest BCUT2D eigenvalue weighted by molar-refractivity contribution is 0.107. The number of pyridine rings is 1. The van der Waals surface area contributed by atoms with E-state index in [1.54, 1.807) is 17.1 Å². The van der Waals surface area contributed by atoms with E-state index >= 15 is 4.39 Å². The van der Waals surface area contributed by atoms with Crippen molar-refractivity contribution in [2.24, 2.45) is 7.05 Å². The summed E-state index contributed by atoms with van der Waals surface area (Å²) in [6.07, 6.45) is 5.07. The third-order valence-electron chi connectivity index (χ3n) is 8.78. The minimum absolute atomic E-state index is 0.0476. The molecule has 0 saturated carbocycles. The van der Waals surface area contributed by atoms with E-state index in [4.69, 9.17) is 9.72 Å². The molecule has 0 amide bonds. The first-order valence-corrected chi connectivity index (χ1v) is 14.1. The molecule has 10 nitrogen and oxygen atoms in total. The molecule has 1 unspecified atom stereocenters. The summed E-state index contributed by atoms with van der Waals surface area (Å²) in [5.41, 5.74) is 1.28. The van der Waals surface area contributed by atoms with E-state index in [1.807, 2.05) is 30.1 Å². The molecule has 0 bridgehead atoms. The average Bonchev–Trinajstić information content (AvgIpc) is 3.64. The van der Waals surface area contributed by atoms with Crippen LogP contribution in [0.1, 0.15) is 25.7 Å². The summed E-state index contributed by atoms with van der Waals surface area (Å²) in [6, 6.07) is 7.84. The van der Waals surface area contributed by atoms with Crippen LogP contribution in [0.15, 0.2) is 30.6 Å². The van der Waals surface area contributed by atoms with Crippen LogP contribution in [-0.4, -0.2) is 86.7 Å². The second kappa shape index (κ2) is 10.2. The maximum Gasteiger partial charge on any atom is 0.319 e. The lowest BCUT2D eigenvalue weighted by atomic mass is 9.95. The number of benzene rings is 1. The van der Waals surface area contributed by atoms with Crippen LogP contribution < -0.4 is 15.0 Å². The van der Waals surface area contributed by atoms with Crippen LogP contribution in [0, 0.1) is 17.1 Å². The zero-order chi connectivity index (χ0) is 28.1. The van der Waals surface area contributed by atoms with E-state index in [0.717, 1.165) is 30.3 Å². The lowest BCUT2D eigenvalue weighted by Gasteiger charge is -2.34. The summed E-state index contributed by atoms with van der Waals surface area (Å²) < 4.78 is 38.8. The highest BCUT2D eigenvalue weighted by Crippen LogP contribution is 2.41. The fourth-order valence-corrected chi connectivity index (χ4v) is 6.85. The number of nitriles is 1. The maximum atomic E-state index is 16.5. The molecule has 0 spiro atoms. The molecule has 0 aliphatic carbocycles. The van der Waals surface area contributed by atoms with E-state index < -0.39 is 12.0 Å². The number of para-hydroxylation sites is 1. The van der Waals surface area contributed by atoms with E-state index in [2.05, 4.69) is 31.4 Å². The Labute approximate surface area is 235 Å². The first-order chi connectivity index (χ1) is 20.0. The molecule has 12 heteroatoms. The molecule has 1 N–H and O–H groups in total. The van der Waals surface area contributed by atoms with Crippen LogP contribution in [0.25, 0.3) is 33.1 Å². The van der Waals surface area contributed by atoms with Gasteiger partial charge in [-0.05, 0) is 19.4 Å². The maximum absolute atomic E-state index is 16.5. The van der Waals surface area contributed by atoms with Crippen molar-refractivity contribution in [2.45, 2.75) is 43.4 Å². The number of ether oxygens (including phenoxy) is 1. The van der Waals surface area contributed by atoms with Crippen LogP contribution in [-0.2, 0) is 7.05 Å². The number of anilines is 1. The Kier molecular flexibility index (Phi) is 6.43. The van der Waals surface area contributed by atoms with E-state index in [9.17, 15) is 9.65 Å². The predicted octanol–water partition coefficient (Wildman–Crippen LogP) is 3.36. The summed E-state index contributed by atoms with van der Waals surface area (Å²) in [7, 11) is 1.82. The van der Waals surface area contributed by atoms with Gasteiger partial charge in [-0.2, -0.15) is 20.3 Å². The molecule has 7 rings (SSSR count). The number of nitrogens with one attached hydrogen (secondary N) is 1. The minimum atomic E-state index is -0.884. The molecule has 4 aromatic rings. The third kappa shape index (κ3) is 4.44. The van der Waals surface area contributed by atoms with Crippen LogP contribution >= 0.6 is 0 Å². The topological polar surface area (TPSA) is 108 Å². The number of halogens is 2. The van der Waals surface area contributed by atoms with Gasteiger partial charge in [-0.1, -0.05) is 18.2 Å². The average molecular weight is 560 g/mol. The van der Waals surface area contributed by atoms with Gasteiger partial charge in [-0.15, -0.1) is 0 Å². The first kappa shape index (κ1) is 26.0. The van der Waals surface area contributed by atoms with Crippen molar-refractivity contribution in [1.82, 2.24) is 34.9 Å². The quantitative estimate of drug-likeness (QED) is 0.380. The fourth-order valence-electron chi connectivity index (χ4n) is 6.85. The van der Waals surface area contributed by atoms with Crippen molar-refractivity contribution in [2.75, 3.05) is 44.2 Å². The Hall–Kier alpha value is -3.95. The van der Waals surface area contributed by atoms with Crippen LogP contribution in [0.3, 0.4) is 0 Å². The molecule has 212 valence electrons. The van der Waals surface area contributed by atoms with E-state index in [1.165, 1.54) is 0 Å². The summed E-state index contributed by atoms with van der Waals surface area (Å²) in [6.45, 7) is 3.30. The molecule has 3 fully saturated rings. The van der Waals surface area contributed by atoms with Gasteiger partial charge in [-0.3, -0.25) is 14.6 Å². The molecule has 0 radical (unpaired) electrons. The molecule has 6 heterocycles. The Bertz CT molecular complexity index is 1670. The van der Waals surface area contributed by atoms with Gasteiger partial charge in [0.05, 0.1) is 35.1 Å². The summed E-state index contributed by atoms with van der Waals surface area (Å²) in [5, 5.41) is 18.3. The fraction of sp³-hybridized carbons (Fsp3) is 0.483. The number of piperazine rings is 1. The normalized spacial score (nSPS) is 24.7. The SMILES string of the molecule is Cn1ncc2cccc(-c3ncc4c(N5CCN[C@@H](CC#N)C5)nc(OCC56CCCN5C[C@H](F)C6)nc4c3F)c21. The highest BCUT2D eigenvalue weighted by atomic mass is 19.1. The molecule has 3 saturated heterocycles. The zero-order valence-electron chi connectivity index (χ0n) is 22.9. The first-order valence-electron chi connectivity index (χ1n) is 14.1. The number of aryl methyl sites for hydroxylation is 1. The standard InChI is InChI=1S/C29H31F2N9O/c1-38-26-18(13-35-38)4-2-5-21(26)24-23(31)25-22(14-34-24)27(39-11-9-33-20(16-39)6-8-32)37-28(36-25)41-17-29-7-3-10-40(29)15-19(30)12-29/h2,4-5,13-14,19-20,33H,3,6-7,9-12,15-17H2,1H3/t19-,20+,29?/m1/s1. The van der Waals surface area contributed by atoms with Crippen molar-refractivity contribution in [3.8, 4) is 23.3 Å². The number of nitrogens with zero attached hydrogens (tertiary/aromatic N) is 8. The second-order valence-electron chi connectivity index (χ2n) is 11.3. The molecule has 3 atom stereocenters. The van der Waals surface area contributed by atoms with E-state index in [-0.39, 0.29) is 35.4 Å². The largest absolute Gasteiger partial charge is 0.461 e. The molecule has 1 aromatic carbocycles. The van der Waals surface area contributed by atoms with E-state index in [0.29, 0.717) is 55.8 Å². The van der Waals surface area contributed by atoms with Crippen LogP contribution in [0.4, 0.5) is 14.6 Å². The molecule has 41 heavy (non-hydrogen) atoms. The smallest absolute Gasteiger partial charge is 0.319 e. The Morgan fingerprint density at radius 3 is 3.00 bits per heavy atom. The Balaban J connectivity index is 1.33. The number of hydrogen-bond donors (Lipinski definition) is 1. The van der Waals surface area contributed by atoms with Crippen molar-refractivity contribution < 1.29 is 13.5 Å². The molecular weight excluding hydrogens is 528 g/mol. The van der Waals surface area contributed by atoms with Crippen LogP contribution in [0.5, 0.6) is 6.01 Å². The number of alkyl halides is 1. The van der Waals surface area contributed by atoms with Crippen molar-refractivity contribution >= 4 is 27.6 Å². The number of hydrogen-bond acceptors (Lipinski definition) is 9. The summed E-state index contributed by atoms with van der Waals surface area (Å²) in [5.74, 6) is -0.0551. The van der Waals surface area contributed by atoms with Crippen LogP contribution in [0.2, 0.25) is 0 Å². The van der Waals surface area contributed by atoms with Gasteiger partial charge in [0.15, 0.2) is 5.82 Å². The number of rotatable bonds is 6. The van der Waals surface area contributed by atoms with Gasteiger partial charge >= 0.3 is 6.01 Å². The zero-order valence-corrected chi connectivity index (χ0v) is 22.9. The van der Waals surface area contributed by atoms with Gasteiger partial charge in [-0.25, -0.2) is 8.78 Å². The Morgan fingerprint density at radius 2 is 2.12 bits per heavy atom. The predicted molar refractivity (Wildman–Crippen MR) is 150 cm³/mol. The van der Waals surface area contributed by atoms with Gasteiger partial charge in [0.25, 0.3) is 0 Å².